The van der Waals surface area contributed by atoms with Crippen molar-refractivity contribution in [3.63, 3.8) is 0 Å². The van der Waals surface area contributed by atoms with E-state index in [1.165, 1.54) is 12.1 Å². The highest BCUT2D eigenvalue weighted by atomic mass is 19.1. The van der Waals surface area contributed by atoms with Crippen molar-refractivity contribution in [2.45, 2.75) is 19.4 Å². The summed E-state index contributed by atoms with van der Waals surface area (Å²) in [6.45, 7) is 3.02. The maximum atomic E-state index is 13.3. The quantitative estimate of drug-likeness (QED) is 0.736. The third-order valence-corrected chi connectivity index (χ3v) is 3.51. The first-order valence-corrected chi connectivity index (χ1v) is 7.25. The molecule has 0 amide bonds. The molecule has 0 fully saturated rings. The van der Waals surface area contributed by atoms with Crippen LogP contribution in [0.4, 0.5) is 4.39 Å². The smallest absolute Gasteiger partial charge is 0.134 e. The average Bonchev–Trinajstić information content (AvgIpc) is 2.91. The van der Waals surface area contributed by atoms with Crippen molar-refractivity contribution >= 4 is 11.0 Å². The van der Waals surface area contributed by atoms with Gasteiger partial charge in [-0.1, -0.05) is 37.3 Å². The van der Waals surface area contributed by atoms with Crippen molar-refractivity contribution in [1.29, 1.82) is 0 Å². The number of hydrogen-bond acceptors (Lipinski definition) is 2. The van der Waals surface area contributed by atoms with Crippen LogP contribution in [0.1, 0.15) is 30.7 Å². The first kappa shape index (κ1) is 13.8. The summed E-state index contributed by atoms with van der Waals surface area (Å²) in [5, 5.41) is 4.29. The molecule has 3 aromatic rings. The molecule has 0 bridgehead atoms. The lowest BCUT2D eigenvalue weighted by atomic mass is 10.0. The van der Waals surface area contributed by atoms with Crippen molar-refractivity contribution < 1.29 is 8.81 Å². The lowest BCUT2D eigenvalue weighted by Gasteiger charge is -2.16. The molecule has 0 saturated heterocycles. The van der Waals surface area contributed by atoms with Gasteiger partial charge in [-0.25, -0.2) is 4.39 Å². The van der Waals surface area contributed by atoms with E-state index in [0.717, 1.165) is 29.7 Å². The Morgan fingerprint density at radius 1 is 1.10 bits per heavy atom. The first-order valence-electron chi connectivity index (χ1n) is 7.25. The molecule has 1 unspecified atom stereocenters. The fraction of sp³-hybridized carbons (Fsp3) is 0.222. The summed E-state index contributed by atoms with van der Waals surface area (Å²) in [6, 6.07) is 16.7. The molecular formula is C18H18FNO. The maximum Gasteiger partial charge on any atom is 0.134 e. The Labute approximate surface area is 123 Å². The predicted octanol–water partition coefficient (Wildman–Crippen LogP) is 4.66. The zero-order valence-electron chi connectivity index (χ0n) is 12.0. The molecule has 0 aliphatic rings. The molecule has 0 aliphatic carbocycles. The van der Waals surface area contributed by atoms with E-state index >= 15 is 0 Å². The summed E-state index contributed by atoms with van der Waals surface area (Å²) in [6.07, 6.45) is 1.04. The van der Waals surface area contributed by atoms with Crippen LogP contribution >= 0.6 is 0 Å². The molecule has 2 aromatic carbocycles. The van der Waals surface area contributed by atoms with Crippen LogP contribution in [-0.4, -0.2) is 6.54 Å². The molecule has 0 saturated carbocycles. The molecule has 3 heteroatoms. The summed E-state index contributed by atoms with van der Waals surface area (Å²) in [7, 11) is 0. The van der Waals surface area contributed by atoms with Gasteiger partial charge in [0.2, 0.25) is 0 Å². The van der Waals surface area contributed by atoms with Crippen LogP contribution < -0.4 is 5.32 Å². The third-order valence-electron chi connectivity index (χ3n) is 3.51. The molecule has 0 spiro atoms. The molecule has 2 nitrogen and oxygen atoms in total. The fourth-order valence-electron chi connectivity index (χ4n) is 2.49. The summed E-state index contributed by atoms with van der Waals surface area (Å²) < 4.78 is 19.2. The van der Waals surface area contributed by atoms with Crippen LogP contribution in [0.3, 0.4) is 0 Å². The maximum absolute atomic E-state index is 13.3. The first-order chi connectivity index (χ1) is 10.3. The Morgan fingerprint density at radius 3 is 2.67 bits per heavy atom. The second kappa shape index (κ2) is 6.10. The number of hydrogen-bond donors (Lipinski definition) is 1. The van der Waals surface area contributed by atoms with Crippen LogP contribution in [0.5, 0.6) is 0 Å². The van der Waals surface area contributed by atoms with Crippen LogP contribution in [0.2, 0.25) is 0 Å². The SMILES string of the molecule is CCCNC(c1ccccc1)c1cc2cc(F)ccc2o1. The van der Waals surface area contributed by atoms with Crippen molar-refractivity contribution in [3.8, 4) is 0 Å². The van der Waals surface area contributed by atoms with Crippen LogP contribution in [0.25, 0.3) is 11.0 Å². The van der Waals surface area contributed by atoms with Gasteiger partial charge in [0.15, 0.2) is 0 Å². The molecule has 1 heterocycles. The van der Waals surface area contributed by atoms with E-state index in [-0.39, 0.29) is 11.9 Å². The summed E-state index contributed by atoms with van der Waals surface area (Å²) >= 11 is 0. The lowest BCUT2D eigenvalue weighted by Crippen LogP contribution is -2.22. The zero-order chi connectivity index (χ0) is 14.7. The van der Waals surface area contributed by atoms with Gasteiger partial charge in [-0.05, 0) is 42.8 Å². The largest absolute Gasteiger partial charge is 0.459 e. The molecule has 0 aliphatic heterocycles. The highest BCUT2D eigenvalue weighted by molar-refractivity contribution is 5.78. The van der Waals surface area contributed by atoms with Gasteiger partial charge < -0.3 is 9.73 Å². The van der Waals surface area contributed by atoms with Gasteiger partial charge in [-0.3, -0.25) is 0 Å². The van der Waals surface area contributed by atoms with Gasteiger partial charge in [0.25, 0.3) is 0 Å². The monoisotopic (exact) mass is 283 g/mol. The lowest BCUT2D eigenvalue weighted by molar-refractivity contribution is 0.469. The highest BCUT2D eigenvalue weighted by Gasteiger charge is 2.17. The normalized spacial score (nSPS) is 12.7. The number of nitrogens with one attached hydrogen (secondary N) is 1. The van der Waals surface area contributed by atoms with E-state index in [2.05, 4.69) is 24.4 Å². The molecule has 21 heavy (non-hydrogen) atoms. The van der Waals surface area contributed by atoms with Crippen LogP contribution in [-0.2, 0) is 0 Å². The fourth-order valence-corrected chi connectivity index (χ4v) is 2.49. The third kappa shape index (κ3) is 2.98. The Morgan fingerprint density at radius 2 is 1.90 bits per heavy atom. The Hall–Kier alpha value is -2.13. The number of rotatable bonds is 5. The van der Waals surface area contributed by atoms with Crippen molar-refractivity contribution in [1.82, 2.24) is 5.32 Å². The van der Waals surface area contributed by atoms with Gasteiger partial charge in [-0.2, -0.15) is 0 Å². The molecule has 3 rings (SSSR count). The average molecular weight is 283 g/mol. The Bertz CT molecular complexity index is 720. The van der Waals surface area contributed by atoms with Crippen LogP contribution in [0, 0.1) is 5.82 Å². The van der Waals surface area contributed by atoms with Crippen molar-refractivity contribution in [2.24, 2.45) is 0 Å². The van der Waals surface area contributed by atoms with Crippen molar-refractivity contribution in [3.05, 3.63) is 71.7 Å². The van der Waals surface area contributed by atoms with Crippen LogP contribution in [0.15, 0.2) is 59.0 Å². The molecule has 1 atom stereocenters. The molecule has 1 N–H and O–H groups in total. The minimum atomic E-state index is -0.243. The van der Waals surface area contributed by atoms with E-state index in [4.69, 9.17) is 4.42 Å². The standard InChI is InChI=1S/C18H18FNO/c1-2-10-20-18(13-6-4-3-5-7-13)17-12-14-11-15(19)8-9-16(14)21-17/h3-9,11-12,18,20H,2,10H2,1H3. The zero-order valence-corrected chi connectivity index (χ0v) is 12.0. The Kier molecular flexibility index (Phi) is 4.02. The number of benzene rings is 2. The minimum absolute atomic E-state index is 0.0124. The minimum Gasteiger partial charge on any atom is -0.459 e. The summed E-state index contributed by atoms with van der Waals surface area (Å²) in [5.41, 5.74) is 1.86. The second-order valence-electron chi connectivity index (χ2n) is 5.13. The van der Waals surface area contributed by atoms with Gasteiger partial charge in [-0.15, -0.1) is 0 Å². The molecule has 0 radical (unpaired) electrons. The predicted molar refractivity (Wildman–Crippen MR) is 82.8 cm³/mol. The van der Waals surface area contributed by atoms with Gasteiger partial charge >= 0.3 is 0 Å². The van der Waals surface area contributed by atoms with E-state index in [9.17, 15) is 4.39 Å². The second-order valence-corrected chi connectivity index (χ2v) is 5.13. The van der Waals surface area contributed by atoms with E-state index in [1.54, 1.807) is 6.07 Å². The topological polar surface area (TPSA) is 25.2 Å². The summed E-state index contributed by atoms with van der Waals surface area (Å²) in [4.78, 5) is 0. The van der Waals surface area contributed by atoms with E-state index in [1.807, 2.05) is 24.3 Å². The molecular weight excluding hydrogens is 265 g/mol. The number of fused-ring (bicyclic) bond motifs is 1. The van der Waals surface area contributed by atoms with Crippen molar-refractivity contribution in [2.75, 3.05) is 6.54 Å². The van der Waals surface area contributed by atoms with E-state index in [0.29, 0.717) is 5.58 Å². The van der Waals surface area contributed by atoms with Gasteiger partial charge in [0, 0.05) is 5.39 Å². The molecule has 108 valence electrons. The van der Waals surface area contributed by atoms with E-state index < -0.39 is 0 Å². The van der Waals surface area contributed by atoms with Gasteiger partial charge in [0.1, 0.15) is 17.2 Å². The Balaban J connectivity index is 2.01. The highest BCUT2D eigenvalue weighted by Crippen LogP contribution is 2.28. The molecule has 1 aromatic heterocycles. The number of furan rings is 1. The summed E-state index contributed by atoms with van der Waals surface area (Å²) in [5.74, 6) is 0.572. The number of halogens is 1. The van der Waals surface area contributed by atoms with Gasteiger partial charge in [0.05, 0.1) is 6.04 Å².